The molecule has 2 aromatic heterocycles. The quantitative estimate of drug-likeness (QED) is 0.192. The largest absolute Gasteiger partial charge is 0.236 e. The topological polar surface area (TPSA) is 38.7 Å². The van der Waals surface area contributed by atoms with Gasteiger partial charge in [-0.15, -0.1) is 11.3 Å². The fraction of sp³-hybridized carbons (Fsp3) is 0. The molecule has 3 nitrogen and oxygen atoms in total. The normalized spacial score (nSPS) is 11.1. The molecule has 0 radical (unpaired) electrons. The average Bonchev–Trinajstić information content (AvgIpc) is 3.57. The Morgan fingerprint density at radius 1 is 0.333 bits per heavy atom. The highest BCUT2D eigenvalue weighted by atomic mass is 32.1. The van der Waals surface area contributed by atoms with Crippen LogP contribution in [-0.2, 0) is 0 Å². The molecule has 0 spiro atoms. The van der Waals surface area contributed by atoms with Crippen LogP contribution < -0.4 is 0 Å². The van der Waals surface area contributed by atoms with Crippen LogP contribution in [-0.4, -0.2) is 15.0 Å². The summed E-state index contributed by atoms with van der Waals surface area (Å²) in [6.07, 6.45) is 0. The lowest BCUT2D eigenvalue weighted by Gasteiger charge is -2.11. The molecule has 0 saturated carbocycles. The third kappa shape index (κ3) is 5.55. The Morgan fingerprint density at radius 2 is 0.844 bits per heavy atom. The highest BCUT2D eigenvalue weighted by Crippen LogP contribution is 2.35. The Kier molecular flexibility index (Phi) is 7.02. The molecule has 8 rings (SSSR count). The molecule has 45 heavy (non-hydrogen) atoms. The van der Waals surface area contributed by atoms with Gasteiger partial charge in [0.2, 0.25) is 0 Å². The summed E-state index contributed by atoms with van der Waals surface area (Å²) < 4.78 is 1.18. The molecule has 212 valence electrons. The van der Waals surface area contributed by atoms with Gasteiger partial charge in [-0.1, -0.05) is 140 Å². The van der Waals surface area contributed by atoms with E-state index in [0.717, 1.165) is 55.3 Å². The van der Waals surface area contributed by atoms with E-state index in [4.69, 9.17) is 15.0 Å². The SMILES string of the molecule is c1ccc(-c2ccc(-c3cc(-c4cccc(-c5ccc6sc(-c7ccccc7)nc6c5)c4)nc(-c4ccccc4)n3)cc2)cc1. The van der Waals surface area contributed by atoms with Gasteiger partial charge in [-0.2, -0.15) is 0 Å². The van der Waals surface area contributed by atoms with E-state index in [1.54, 1.807) is 11.3 Å². The summed E-state index contributed by atoms with van der Waals surface area (Å²) in [4.78, 5) is 15.1. The molecule has 0 atom stereocenters. The summed E-state index contributed by atoms with van der Waals surface area (Å²) in [5.74, 6) is 0.706. The molecular formula is C41H27N3S. The zero-order chi connectivity index (χ0) is 30.0. The van der Waals surface area contributed by atoms with Gasteiger partial charge in [-0.25, -0.2) is 15.0 Å². The van der Waals surface area contributed by atoms with E-state index in [1.165, 1.54) is 15.8 Å². The summed E-state index contributed by atoms with van der Waals surface area (Å²) in [7, 11) is 0. The third-order valence-electron chi connectivity index (χ3n) is 7.95. The average molecular weight is 594 g/mol. The number of nitrogens with zero attached hydrogens (tertiary/aromatic N) is 3. The summed E-state index contributed by atoms with van der Waals surface area (Å²) in [5.41, 5.74) is 11.6. The molecule has 0 saturated heterocycles. The van der Waals surface area contributed by atoms with Gasteiger partial charge in [0.1, 0.15) is 5.01 Å². The van der Waals surface area contributed by atoms with Gasteiger partial charge in [0.05, 0.1) is 21.6 Å². The number of rotatable bonds is 6. The standard InChI is InChI=1S/C41H27N3S/c1-4-11-28(12-5-1)29-19-21-30(22-20-29)36-27-37(43-40(42-36)31-13-6-2-7-14-31)35-18-10-17-33(25-35)34-23-24-39-38(26-34)44-41(45-39)32-15-8-3-9-16-32/h1-27H. The van der Waals surface area contributed by atoms with Crippen LogP contribution in [0.25, 0.3) is 76.9 Å². The van der Waals surface area contributed by atoms with Gasteiger partial charge >= 0.3 is 0 Å². The summed E-state index contributed by atoms with van der Waals surface area (Å²) in [5, 5.41) is 1.04. The Morgan fingerprint density at radius 3 is 1.56 bits per heavy atom. The van der Waals surface area contributed by atoms with E-state index in [-0.39, 0.29) is 0 Å². The molecule has 0 amide bonds. The van der Waals surface area contributed by atoms with E-state index >= 15 is 0 Å². The van der Waals surface area contributed by atoms with E-state index < -0.39 is 0 Å². The van der Waals surface area contributed by atoms with Gasteiger partial charge < -0.3 is 0 Å². The van der Waals surface area contributed by atoms with Crippen LogP contribution in [0.3, 0.4) is 0 Å². The second-order valence-electron chi connectivity index (χ2n) is 10.9. The fourth-order valence-corrected chi connectivity index (χ4v) is 6.54. The Hall–Kier alpha value is -5.71. The summed E-state index contributed by atoms with van der Waals surface area (Å²) in [6, 6.07) is 56.8. The van der Waals surface area contributed by atoms with Crippen LogP contribution in [0.4, 0.5) is 0 Å². The number of aromatic nitrogens is 3. The Bertz CT molecular complexity index is 2240. The van der Waals surface area contributed by atoms with Crippen LogP contribution in [0.2, 0.25) is 0 Å². The van der Waals surface area contributed by atoms with Crippen molar-refractivity contribution in [3.05, 3.63) is 164 Å². The van der Waals surface area contributed by atoms with Crippen molar-refractivity contribution >= 4 is 21.6 Å². The Balaban J connectivity index is 1.18. The molecule has 0 aliphatic heterocycles. The molecule has 4 heteroatoms. The first-order chi connectivity index (χ1) is 22.3. The Labute approximate surface area is 266 Å². The minimum atomic E-state index is 0.706. The minimum absolute atomic E-state index is 0.706. The first-order valence-electron chi connectivity index (χ1n) is 14.9. The lowest BCUT2D eigenvalue weighted by molar-refractivity contribution is 1.18. The molecule has 0 aliphatic carbocycles. The molecule has 0 fully saturated rings. The minimum Gasteiger partial charge on any atom is -0.236 e. The zero-order valence-electron chi connectivity index (χ0n) is 24.3. The van der Waals surface area contributed by atoms with E-state index in [9.17, 15) is 0 Å². The van der Waals surface area contributed by atoms with Gasteiger partial charge in [-0.3, -0.25) is 0 Å². The fourth-order valence-electron chi connectivity index (χ4n) is 5.59. The maximum Gasteiger partial charge on any atom is 0.160 e. The van der Waals surface area contributed by atoms with Crippen LogP contribution in [0.15, 0.2) is 164 Å². The van der Waals surface area contributed by atoms with Crippen molar-refractivity contribution in [2.24, 2.45) is 0 Å². The van der Waals surface area contributed by atoms with Crippen molar-refractivity contribution in [3.8, 4) is 66.7 Å². The maximum atomic E-state index is 5.06. The predicted molar refractivity (Wildman–Crippen MR) is 188 cm³/mol. The van der Waals surface area contributed by atoms with Crippen LogP contribution in [0, 0.1) is 0 Å². The number of hydrogen-bond acceptors (Lipinski definition) is 4. The number of thiazole rings is 1. The van der Waals surface area contributed by atoms with Gasteiger partial charge in [-0.05, 0) is 46.5 Å². The number of benzene rings is 6. The molecule has 0 aliphatic rings. The van der Waals surface area contributed by atoms with Crippen molar-refractivity contribution in [3.63, 3.8) is 0 Å². The highest BCUT2D eigenvalue weighted by Gasteiger charge is 2.13. The van der Waals surface area contributed by atoms with Gasteiger partial charge in [0, 0.05) is 22.3 Å². The van der Waals surface area contributed by atoms with Crippen molar-refractivity contribution in [2.75, 3.05) is 0 Å². The van der Waals surface area contributed by atoms with Gasteiger partial charge in [0.15, 0.2) is 5.82 Å². The first kappa shape index (κ1) is 26.9. The lowest BCUT2D eigenvalue weighted by Crippen LogP contribution is -1.96. The van der Waals surface area contributed by atoms with E-state index in [1.807, 2.05) is 30.3 Å². The molecule has 0 bridgehead atoms. The second kappa shape index (κ2) is 11.8. The highest BCUT2D eigenvalue weighted by molar-refractivity contribution is 7.21. The smallest absolute Gasteiger partial charge is 0.160 e. The van der Waals surface area contributed by atoms with Crippen molar-refractivity contribution in [2.45, 2.75) is 0 Å². The number of hydrogen-bond donors (Lipinski definition) is 0. The molecule has 6 aromatic carbocycles. The first-order valence-corrected chi connectivity index (χ1v) is 15.8. The van der Waals surface area contributed by atoms with Gasteiger partial charge in [0.25, 0.3) is 0 Å². The molecule has 0 unspecified atom stereocenters. The molecular weight excluding hydrogens is 567 g/mol. The zero-order valence-corrected chi connectivity index (χ0v) is 25.2. The third-order valence-corrected chi connectivity index (χ3v) is 9.03. The van der Waals surface area contributed by atoms with E-state index in [2.05, 4.69) is 133 Å². The summed E-state index contributed by atoms with van der Waals surface area (Å²) >= 11 is 1.72. The maximum absolute atomic E-state index is 5.06. The van der Waals surface area contributed by atoms with Crippen LogP contribution >= 0.6 is 11.3 Å². The monoisotopic (exact) mass is 593 g/mol. The summed E-state index contributed by atoms with van der Waals surface area (Å²) in [6.45, 7) is 0. The van der Waals surface area contributed by atoms with Crippen LogP contribution in [0.1, 0.15) is 0 Å². The van der Waals surface area contributed by atoms with E-state index in [0.29, 0.717) is 5.82 Å². The van der Waals surface area contributed by atoms with Crippen LogP contribution in [0.5, 0.6) is 0 Å². The van der Waals surface area contributed by atoms with Crippen molar-refractivity contribution in [1.82, 2.24) is 15.0 Å². The number of fused-ring (bicyclic) bond motifs is 1. The van der Waals surface area contributed by atoms with Crippen molar-refractivity contribution < 1.29 is 0 Å². The molecule has 0 N–H and O–H groups in total. The molecule has 2 heterocycles. The predicted octanol–water partition coefficient (Wildman–Crippen LogP) is 11.1. The second-order valence-corrected chi connectivity index (χ2v) is 12.0. The lowest BCUT2D eigenvalue weighted by atomic mass is 9.99. The van der Waals surface area contributed by atoms with Crippen molar-refractivity contribution in [1.29, 1.82) is 0 Å². The molecule has 8 aromatic rings.